The van der Waals surface area contributed by atoms with Gasteiger partial charge in [0.2, 0.25) is 5.91 Å². The molecule has 0 heterocycles. The Morgan fingerprint density at radius 1 is 1.44 bits per heavy atom. The van der Waals surface area contributed by atoms with Crippen molar-refractivity contribution in [2.45, 2.75) is 25.7 Å². The van der Waals surface area contributed by atoms with Crippen molar-refractivity contribution in [1.82, 2.24) is 4.90 Å². The highest BCUT2D eigenvalue weighted by molar-refractivity contribution is 5.85. The predicted octanol–water partition coefficient (Wildman–Crippen LogP) is 0.736. The van der Waals surface area contributed by atoms with E-state index in [0.717, 1.165) is 19.3 Å². The van der Waals surface area contributed by atoms with Gasteiger partial charge in [-0.2, -0.15) is 0 Å². The van der Waals surface area contributed by atoms with Crippen LogP contribution in [0.5, 0.6) is 0 Å². The minimum absolute atomic E-state index is 0.00258. The van der Waals surface area contributed by atoms with Crippen LogP contribution in [-0.4, -0.2) is 49.2 Å². The maximum absolute atomic E-state index is 12.0. The molecule has 0 aromatic heterocycles. The van der Waals surface area contributed by atoms with Crippen molar-refractivity contribution in [2.24, 2.45) is 5.41 Å². The quantitative estimate of drug-likeness (QED) is 0.699. The predicted molar refractivity (Wildman–Crippen MR) is 58.0 cm³/mol. The summed E-state index contributed by atoms with van der Waals surface area (Å²) in [5.41, 5.74) is -0.261. The lowest BCUT2D eigenvalue weighted by molar-refractivity contribution is -0.140. The highest BCUT2D eigenvalue weighted by Gasteiger charge is 2.50. The van der Waals surface area contributed by atoms with Crippen molar-refractivity contribution < 1.29 is 19.4 Å². The van der Waals surface area contributed by atoms with Gasteiger partial charge in [-0.15, -0.1) is 0 Å². The Labute approximate surface area is 95.4 Å². The first-order valence-electron chi connectivity index (χ1n) is 5.48. The maximum Gasteiger partial charge on any atom is 0.305 e. The molecule has 5 nitrogen and oxygen atoms in total. The number of carbonyl (C=O) groups excluding carboxylic acids is 1. The first-order valence-corrected chi connectivity index (χ1v) is 5.48. The second kappa shape index (κ2) is 5.30. The van der Waals surface area contributed by atoms with Crippen LogP contribution in [-0.2, 0) is 14.3 Å². The molecule has 0 unspecified atom stereocenters. The lowest BCUT2D eigenvalue weighted by atomic mass is 10.0. The van der Waals surface area contributed by atoms with Crippen LogP contribution in [0.2, 0.25) is 0 Å². The number of carbonyl (C=O) groups is 2. The monoisotopic (exact) mass is 229 g/mol. The van der Waals surface area contributed by atoms with Gasteiger partial charge >= 0.3 is 5.97 Å². The molecule has 0 aromatic rings. The summed E-state index contributed by atoms with van der Waals surface area (Å²) in [6.45, 7) is 0.863. The van der Waals surface area contributed by atoms with Crippen LogP contribution >= 0.6 is 0 Å². The van der Waals surface area contributed by atoms with E-state index in [4.69, 9.17) is 9.84 Å². The summed E-state index contributed by atoms with van der Waals surface area (Å²) < 4.78 is 4.98. The molecule has 92 valence electrons. The first-order chi connectivity index (χ1) is 7.52. The van der Waals surface area contributed by atoms with E-state index in [2.05, 4.69) is 0 Å². The van der Waals surface area contributed by atoms with Crippen LogP contribution in [0, 0.1) is 5.41 Å². The van der Waals surface area contributed by atoms with Gasteiger partial charge in [-0.05, 0) is 19.3 Å². The van der Waals surface area contributed by atoms with E-state index < -0.39 is 5.97 Å². The van der Waals surface area contributed by atoms with Gasteiger partial charge in [-0.25, -0.2) is 0 Å². The molecule has 1 aliphatic rings. The van der Waals surface area contributed by atoms with Crippen LogP contribution in [0.3, 0.4) is 0 Å². The van der Waals surface area contributed by atoms with Gasteiger partial charge in [0.25, 0.3) is 0 Å². The topological polar surface area (TPSA) is 66.8 Å². The van der Waals surface area contributed by atoms with E-state index in [0.29, 0.717) is 6.61 Å². The third-order valence-corrected chi connectivity index (χ3v) is 3.10. The Morgan fingerprint density at radius 2 is 2.06 bits per heavy atom. The fraction of sp³-hybridized carbons (Fsp3) is 0.818. The minimum Gasteiger partial charge on any atom is -0.481 e. The average molecular weight is 229 g/mol. The van der Waals surface area contributed by atoms with Gasteiger partial charge in [0.1, 0.15) is 0 Å². The molecule has 1 amide bonds. The number of methoxy groups -OCH3 is 1. The van der Waals surface area contributed by atoms with Gasteiger partial charge < -0.3 is 14.7 Å². The van der Waals surface area contributed by atoms with Crippen LogP contribution in [0.1, 0.15) is 25.7 Å². The molecule has 0 aromatic carbocycles. The van der Waals surface area contributed by atoms with Crippen molar-refractivity contribution >= 4 is 11.9 Å². The largest absolute Gasteiger partial charge is 0.481 e. The summed E-state index contributed by atoms with van der Waals surface area (Å²) in [7, 11) is 3.28. The molecule has 0 atom stereocenters. The summed E-state index contributed by atoms with van der Waals surface area (Å²) in [5.74, 6) is -0.813. The molecule has 0 radical (unpaired) electrons. The zero-order valence-corrected chi connectivity index (χ0v) is 9.86. The second-order valence-electron chi connectivity index (χ2n) is 4.39. The summed E-state index contributed by atoms with van der Waals surface area (Å²) >= 11 is 0. The minimum atomic E-state index is -0.874. The van der Waals surface area contributed by atoms with E-state index in [1.807, 2.05) is 0 Å². The molecule has 0 saturated heterocycles. The normalized spacial score (nSPS) is 16.9. The van der Waals surface area contributed by atoms with E-state index in [9.17, 15) is 9.59 Å². The molecule has 0 aliphatic heterocycles. The molecular weight excluding hydrogens is 210 g/mol. The summed E-state index contributed by atoms with van der Waals surface area (Å²) in [6.07, 6.45) is 2.53. The maximum atomic E-state index is 12.0. The van der Waals surface area contributed by atoms with Crippen molar-refractivity contribution in [2.75, 3.05) is 27.3 Å². The molecule has 1 N–H and O–H groups in total. The number of nitrogens with zero attached hydrogens (tertiary/aromatic N) is 1. The van der Waals surface area contributed by atoms with Gasteiger partial charge in [-0.1, -0.05) is 0 Å². The second-order valence-corrected chi connectivity index (χ2v) is 4.39. The zero-order chi connectivity index (χ0) is 12.2. The van der Waals surface area contributed by atoms with E-state index >= 15 is 0 Å². The van der Waals surface area contributed by atoms with Crippen LogP contribution in [0.4, 0.5) is 0 Å². The van der Waals surface area contributed by atoms with Gasteiger partial charge in [0.15, 0.2) is 0 Å². The van der Waals surface area contributed by atoms with Crippen LogP contribution < -0.4 is 0 Å². The number of aliphatic carboxylic acids is 1. The van der Waals surface area contributed by atoms with E-state index in [1.165, 1.54) is 4.90 Å². The van der Waals surface area contributed by atoms with Gasteiger partial charge in [0, 0.05) is 27.3 Å². The smallest absolute Gasteiger partial charge is 0.305 e. The molecule has 1 aliphatic carbocycles. The van der Waals surface area contributed by atoms with Crippen molar-refractivity contribution in [1.29, 1.82) is 0 Å². The number of ether oxygens (including phenoxy) is 1. The standard InChI is InChI=1S/C11H19NO4/c1-12(7-3-9(13)14)10(15)11(4-5-11)6-8-16-2/h3-8H2,1-2H3,(H,13,14). The molecule has 1 saturated carbocycles. The SMILES string of the molecule is COCCC1(C(=O)N(C)CCC(=O)O)CC1. The molecule has 0 spiro atoms. The lowest BCUT2D eigenvalue weighted by Crippen LogP contribution is -2.36. The lowest BCUT2D eigenvalue weighted by Gasteiger charge is -2.22. The highest BCUT2D eigenvalue weighted by Crippen LogP contribution is 2.50. The number of carboxylic acid groups (broad SMARTS) is 1. The third kappa shape index (κ3) is 3.20. The number of carboxylic acids is 1. The van der Waals surface area contributed by atoms with E-state index in [1.54, 1.807) is 14.2 Å². The molecule has 1 fully saturated rings. The van der Waals surface area contributed by atoms with Crippen molar-refractivity contribution in [3.63, 3.8) is 0 Å². The van der Waals surface area contributed by atoms with Crippen molar-refractivity contribution in [3.8, 4) is 0 Å². The first kappa shape index (κ1) is 13.0. The third-order valence-electron chi connectivity index (χ3n) is 3.10. The average Bonchev–Trinajstić information content (AvgIpc) is 3.03. The molecular formula is C11H19NO4. The summed E-state index contributed by atoms with van der Waals surface area (Å²) in [5, 5.41) is 8.55. The van der Waals surface area contributed by atoms with Gasteiger partial charge in [0.05, 0.1) is 11.8 Å². The van der Waals surface area contributed by atoms with E-state index in [-0.39, 0.29) is 24.3 Å². The summed E-state index contributed by atoms with van der Waals surface area (Å²) in [6, 6.07) is 0. The Bertz CT molecular complexity index is 273. The van der Waals surface area contributed by atoms with Gasteiger partial charge in [-0.3, -0.25) is 9.59 Å². The van der Waals surface area contributed by atoms with Crippen LogP contribution in [0.15, 0.2) is 0 Å². The molecule has 0 bridgehead atoms. The number of rotatable bonds is 7. The van der Waals surface area contributed by atoms with Crippen molar-refractivity contribution in [3.05, 3.63) is 0 Å². The summed E-state index contributed by atoms with van der Waals surface area (Å²) in [4.78, 5) is 24.0. The molecule has 5 heteroatoms. The fourth-order valence-corrected chi connectivity index (χ4v) is 1.79. The Morgan fingerprint density at radius 3 is 2.50 bits per heavy atom. The fourth-order valence-electron chi connectivity index (χ4n) is 1.79. The number of amides is 1. The van der Waals surface area contributed by atoms with Crippen LogP contribution in [0.25, 0.3) is 0 Å². The highest BCUT2D eigenvalue weighted by atomic mass is 16.5. The zero-order valence-electron chi connectivity index (χ0n) is 9.86. The number of hydrogen-bond donors (Lipinski definition) is 1. The molecule has 1 rings (SSSR count). The Hall–Kier alpha value is -1.10. The Kier molecular flexibility index (Phi) is 4.29. The number of hydrogen-bond acceptors (Lipinski definition) is 3. The molecule has 16 heavy (non-hydrogen) atoms. The Balaban J connectivity index is 2.40.